The summed E-state index contributed by atoms with van der Waals surface area (Å²) >= 11 is 0. The van der Waals surface area contributed by atoms with E-state index in [1.54, 1.807) is 23.1 Å². The summed E-state index contributed by atoms with van der Waals surface area (Å²) in [5.41, 5.74) is 1.89. The quantitative estimate of drug-likeness (QED) is 0.738. The van der Waals surface area contributed by atoms with Crippen molar-refractivity contribution in [2.24, 2.45) is 0 Å². The second-order valence-corrected chi connectivity index (χ2v) is 7.63. The second-order valence-electron chi connectivity index (χ2n) is 7.63. The van der Waals surface area contributed by atoms with E-state index in [9.17, 15) is 18.7 Å². The highest BCUT2D eigenvalue weighted by molar-refractivity contribution is 5.74. The van der Waals surface area contributed by atoms with Gasteiger partial charge in [-0.25, -0.2) is 13.6 Å². The molecule has 1 spiro atoms. The maximum absolute atomic E-state index is 13.4. The minimum Gasteiger partial charge on any atom is -0.388 e. The van der Waals surface area contributed by atoms with E-state index >= 15 is 0 Å². The Bertz CT molecular complexity index is 864. The fourth-order valence-corrected chi connectivity index (χ4v) is 4.10. The van der Waals surface area contributed by atoms with Crippen LogP contribution in [0, 0.1) is 11.6 Å². The molecule has 7 heteroatoms. The Labute approximate surface area is 162 Å². The number of carbonyl (C=O) groups excluding carboxylic acids is 1. The van der Waals surface area contributed by atoms with Gasteiger partial charge in [0.25, 0.3) is 0 Å². The lowest BCUT2D eigenvalue weighted by atomic mass is 9.77. The number of urea groups is 1. The maximum Gasteiger partial charge on any atom is 0.317 e. The van der Waals surface area contributed by atoms with E-state index in [1.165, 1.54) is 24.3 Å². The Balaban J connectivity index is 1.34. The van der Waals surface area contributed by atoms with Gasteiger partial charge in [0.05, 0.1) is 6.10 Å². The molecule has 5 nitrogen and oxygen atoms in total. The molecule has 0 bridgehead atoms. The number of rotatable bonds is 2. The Morgan fingerprint density at radius 1 is 1.14 bits per heavy atom. The number of nitrogens with zero attached hydrogens (tertiary/aromatic N) is 1. The lowest BCUT2D eigenvalue weighted by Crippen LogP contribution is -2.54. The topological polar surface area (TPSA) is 64.6 Å². The zero-order chi connectivity index (χ0) is 19.7. The molecule has 4 rings (SSSR count). The van der Waals surface area contributed by atoms with E-state index < -0.39 is 6.10 Å². The van der Waals surface area contributed by atoms with Crippen LogP contribution < -0.4 is 10.6 Å². The molecule has 148 valence electrons. The van der Waals surface area contributed by atoms with Crippen molar-refractivity contribution < 1.29 is 18.7 Å². The summed E-state index contributed by atoms with van der Waals surface area (Å²) in [6, 6.07) is 10.3. The molecule has 1 saturated heterocycles. The number of aliphatic hydroxyl groups excluding tert-OH is 1. The van der Waals surface area contributed by atoms with Gasteiger partial charge < -0.3 is 20.6 Å². The first-order valence-electron chi connectivity index (χ1n) is 9.47. The zero-order valence-electron chi connectivity index (χ0n) is 15.4. The summed E-state index contributed by atoms with van der Waals surface area (Å²) in [5, 5.41) is 16.8. The number of anilines is 1. The summed E-state index contributed by atoms with van der Waals surface area (Å²) in [5.74, 6) is -0.661. The number of benzene rings is 2. The van der Waals surface area contributed by atoms with E-state index in [1.807, 2.05) is 0 Å². The number of aliphatic hydroxyl groups is 1. The number of piperidine rings is 1. The van der Waals surface area contributed by atoms with Crippen LogP contribution in [0.3, 0.4) is 0 Å². The number of hydrogen-bond acceptors (Lipinski definition) is 3. The van der Waals surface area contributed by atoms with Gasteiger partial charge in [-0.15, -0.1) is 0 Å². The summed E-state index contributed by atoms with van der Waals surface area (Å²) in [6.45, 7) is 1.47. The Kier molecular flexibility index (Phi) is 4.93. The van der Waals surface area contributed by atoms with Crippen molar-refractivity contribution >= 4 is 11.7 Å². The second kappa shape index (κ2) is 7.39. The largest absolute Gasteiger partial charge is 0.388 e. The summed E-state index contributed by atoms with van der Waals surface area (Å²) in [6.07, 6.45) is 1.18. The Morgan fingerprint density at radius 2 is 1.82 bits per heavy atom. The molecule has 2 aliphatic heterocycles. The molecular formula is C21H23F2N3O2. The molecular weight excluding hydrogens is 364 g/mol. The van der Waals surface area contributed by atoms with E-state index in [2.05, 4.69) is 10.6 Å². The Morgan fingerprint density at radius 3 is 2.54 bits per heavy atom. The highest BCUT2D eigenvalue weighted by Crippen LogP contribution is 2.42. The summed E-state index contributed by atoms with van der Waals surface area (Å²) in [4.78, 5) is 14.2. The lowest BCUT2D eigenvalue weighted by Gasteiger charge is -2.47. The van der Waals surface area contributed by atoms with Gasteiger partial charge in [-0.2, -0.15) is 0 Å². The van der Waals surface area contributed by atoms with Gasteiger partial charge in [0, 0.05) is 42.8 Å². The third kappa shape index (κ3) is 3.80. The summed E-state index contributed by atoms with van der Waals surface area (Å²) < 4.78 is 26.4. The van der Waals surface area contributed by atoms with Gasteiger partial charge in [0.2, 0.25) is 0 Å². The number of fused-ring (bicyclic) bond motifs is 1. The standard InChI is InChI=1S/C21H23F2N3O2/c22-15-3-1-14(2-4-15)13-24-20(28)26-9-7-21(8-10-26)12-19(27)17-11-16(23)5-6-18(17)25-21/h1-6,11,19,25,27H,7-10,12-13H2,(H,24,28)/t19-/m1/s1. The Hall–Kier alpha value is -2.67. The molecule has 1 fully saturated rings. The van der Waals surface area contributed by atoms with E-state index in [0.29, 0.717) is 44.5 Å². The molecule has 2 aliphatic rings. The van der Waals surface area contributed by atoms with Crippen molar-refractivity contribution in [3.8, 4) is 0 Å². The predicted molar refractivity (Wildman–Crippen MR) is 102 cm³/mol. The maximum atomic E-state index is 13.4. The average Bonchev–Trinajstić information content (AvgIpc) is 2.69. The van der Waals surface area contributed by atoms with Gasteiger partial charge in [-0.05, 0) is 48.7 Å². The molecule has 0 radical (unpaired) electrons. The molecule has 2 aromatic rings. The first-order chi connectivity index (χ1) is 13.4. The van der Waals surface area contributed by atoms with E-state index in [4.69, 9.17) is 0 Å². The fraction of sp³-hybridized carbons (Fsp3) is 0.381. The van der Waals surface area contributed by atoms with Crippen LogP contribution in [0.5, 0.6) is 0 Å². The molecule has 2 heterocycles. The third-order valence-corrected chi connectivity index (χ3v) is 5.72. The molecule has 1 atom stereocenters. The van der Waals surface area contributed by atoms with Gasteiger partial charge in [0.15, 0.2) is 0 Å². The first kappa shape index (κ1) is 18.7. The van der Waals surface area contributed by atoms with Crippen molar-refractivity contribution in [2.45, 2.75) is 37.5 Å². The van der Waals surface area contributed by atoms with Crippen molar-refractivity contribution in [1.29, 1.82) is 0 Å². The van der Waals surface area contributed by atoms with Gasteiger partial charge in [-0.1, -0.05) is 12.1 Å². The molecule has 0 saturated carbocycles. The number of halogens is 2. The SMILES string of the molecule is O=C(NCc1ccc(F)cc1)N1CCC2(CC1)C[C@@H](O)c1cc(F)ccc1N2. The summed E-state index contributed by atoms with van der Waals surface area (Å²) in [7, 11) is 0. The minimum absolute atomic E-state index is 0.155. The van der Waals surface area contributed by atoms with Crippen molar-refractivity contribution in [3.63, 3.8) is 0 Å². The monoisotopic (exact) mass is 387 g/mol. The van der Waals surface area contributed by atoms with Crippen molar-refractivity contribution in [1.82, 2.24) is 10.2 Å². The fourth-order valence-electron chi connectivity index (χ4n) is 4.10. The van der Waals surface area contributed by atoms with Crippen LogP contribution in [-0.2, 0) is 6.54 Å². The highest BCUT2D eigenvalue weighted by Gasteiger charge is 2.41. The van der Waals surface area contributed by atoms with Crippen LogP contribution in [0.4, 0.5) is 19.3 Å². The van der Waals surface area contributed by atoms with Crippen molar-refractivity contribution in [3.05, 3.63) is 65.2 Å². The van der Waals surface area contributed by atoms with Crippen LogP contribution in [0.15, 0.2) is 42.5 Å². The molecule has 0 aromatic heterocycles. The molecule has 2 aromatic carbocycles. The van der Waals surface area contributed by atoms with Gasteiger partial charge in [0.1, 0.15) is 11.6 Å². The molecule has 0 unspecified atom stereocenters. The number of hydrogen-bond donors (Lipinski definition) is 3. The van der Waals surface area contributed by atoms with Crippen LogP contribution >= 0.6 is 0 Å². The molecule has 0 aliphatic carbocycles. The number of carbonyl (C=O) groups is 1. The van der Waals surface area contributed by atoms with Gasteiger partial charge in [-0.3, -0.25) is 0 Å². The average molecular weight is 387 g/mol. The lowest BCUT2D eigenvalue weighted by molar-refractivity contribution is 0.0988. The third-order valence-electron chi connectivity index (χ3n) is 5.72. The zero-order valence-corrected chi connectivity index (χ0v) is 15.4. The smallest absolute Gasteiger partial charge is 0.317 e. The highest BCUT2D eigenvalue weighted by atomic mass is 19.1. The van der Waals surface area contributed by atoms with Crippen LogP contribution in [-0.4, -0.2) is 34.7 Å². The number of likely N-dealkylation sites (tertiary alicyclic amines) is 1. The van der Waals surface area contributed by atoms with Crippen LogP contribution in [0.25, 0.3) is 0 Å². The van der Waals surface area contributed by atoms with Crippen molar-refractivity contribution in [2.75, 3.05) is 18.4 Å². The minimum atomic E-state index is -0.717. The molecule has 2 amide bonds. The predicted octanol–water partition coefficient (Wildman–Crippen LogP) is 3.56. The number of nitrogens with one attached hydrogen (secondary N) is 2. The van der Waals surface area contributed by atoms with E-state index in [0.717, 1.165) is 11.3 Å². The number of amides is 2. The van der Waals surface area contributed by atoms with E-state index in [-0.39, 0.29) is 23.2 Å². The molecule has 3 N–H and O–H groups in total. The van der Waals surface area contributed by atoms with Crippen LogP contribution in [0.1, 0.15) is 36.5 Å². The van der Waals surface area contributed by atoms with Gasteiger partial charge >= 0.3 is 6.03 Å². The normalized spacial score (nSPS) is 20.4. The molecule has 28 heavy (non-hydrogen) atoms. The first-order valence-corrected chi connectivity index (χ1v) is 9.47. The van der Waals surface area contributed by atoms with Crippen LogP contribution in [0.2, 0.25) is 0 Å².